The quantitative estimate of drug-likeness (QED) is 0.448. The monoisotopic (exact) mass is 270 g/mol. The number of thiol groups is 1. The number of benzene rings is 1. The summed E-state index contributed by atoms with van der Waals surface area (Å²) in [5.41, 5.74) is 5.50. The first-order valence-corrected chi connectivity index (χ1v) is 5.49. The second-order valence-electron chi connectivity index (χ2n) is 2.75. The molecule has 0 fully saturated rings. The summed E-state index contributed by atoms with van der Waals surface area (Å²) >= 11 is 7.95. The fourth-order valence-corrected chi connectivity index (χ4v) is 1.03. The van der Waals surface area contributed by atoms with Crippen LogP contribution >= 0.6 is 24.8 Å². The lowest BCUT2D eigenvalue weighted by atomic mass is 10.2. The third kappa shape index (κ3) is 10.7. The minimum Gasteiger partial charge on any atom is -0.441 e. The molecular formula is C11H14N2O2S2. The van der Waals surface area contributed by atoms with Gasteiger partial charge in [-0.15, -0.1) is 0 Å². The summed E-state index contributed by atoms with van der Waals surface area (Å²) in [6.07, 6.45) is 1.31. The molecular weight excluding hydrogens is 256 g/mol. The highest BCUT2D eigenvalue weighted by Crippen LogP contribution is 1.97. The predicted octanol–water partition coefficient (Wildman–Crippen LogP) is 2.22. The average molecular weight is 270 g/mol. The molecule has 1 amide bonds. The summed E-state index contributed by atoms with van der Waals surface area (Å²) in [4.78, 5) is 9.09. The number of carbonyl (C=O) groups excluding carboxylic acids is 1. The lowest BCUT2D eigenvalue weighted by Gasteiger charge is -2.05. The van der Waals surface area contributed by atoms with Gasteiger partial charge in [0.2, 0.25) is 0 Å². The highest BCUT2D eigenvalue weighted by Gasteiger charge is 1.93. The van der Waals surface area contributed by atoms with E-state index in [1.54, 1.807) is 0 Å². The molecule has 1 aromatic carbocycles. The number of nitrogens with one attached hydrogen (secondary N) is 1. The number of thiocarbonyl (C=S) groups is 1. The maximum Gasteiger partial charge on any atom is 0.273 e. The molecule has 0 atom stereocenters. The Morgan fingerprint density at radius 3 is 2.53 bits per heavy atom. The van der Waals surface area contributed by atoms with Crippen molar-refractivity contribution in [1.29, 1.82) is 0 Å². The Bertz CT molecular complexity index is 365. The van der Waals surface area contributed by atoms with Gasteiger partial charge in [0.25, 0.3) is 10.4 Å². The molecule has 1 aromatic rings. The molecule has 0 aromatic heterocycles. The van der Waals surface area contributed by atoms with Crippen LogP contribution in [0.15, 0.2) is 43.2 Å². The van der Waals surface area contributed by atoms with Gasteiger partial charge in [-0.2, -0.15) is 0 Å². The molecule has 6 heteroatoms. The van der Waals surface area contributed by atoms with Crippen LogP contribution in [0.2, 0.25) is 0 Å². The van der Waals surface area contributed by atoms with Crippen LogP contribution in [0.1, 0.15) is 5.56 Å². The van der Waals surface area contributed by atoms with Crippen LogP contribution in [-0.4, -0.2) is 10.4 Å². The Kier molecular flexibility index (Phi) is 8.81. The van der Waals surface area contributed by atoms with Crippen LogP contribution < -0.4 is 11.1 Å². The minimum atomic E-state index is -0.639. The van der Waals surface area contributed by atoms with E-state index in [1.165, 1.54) is 6.26 Å². The number of nitrogens with two attached hydrogens (primary N) is 1. The van der Waals surface area contributed by atoms with Crippen molar-refractivity contribution in [2.45, 2.75) is 6.54 Å². The van der Waals surface area contributed by atoms with Crippen molar-refractivity contribution in [2.24, 2.45) is 5.73 Å². The third-order valence-corrected chi connectivity index (χ3v) is 1.71. The predicted molar refractivity (Wildman–Crippen MR) is 75.7 cm³/mol. The molecule has 0 saturated heterocycles. The van der Waals surface area contributed by atoms with Gasteiger partial charge in [-0.1, -0.05) is 49.5 Å². The number of carbonyl (C=O) groups is 1. The molecule has 17 heavy (non-hydrogen) atoms. The fraction of sp³-hybridized carbons (Fsp3) is 0.0909. The molecule has 0 aliphatic rings. The van der Waals surface area contributed by atoms with E-state index >= 15 is 0 Å². The van der Waals surface area contributed by atoms with Crippen LogP contribution in [0.3, 0.4) is 0 Å². The highest BCUT2D eigenvalue weighted by molar-refractivity contribution is 7.96. The van der Waals surface area contributed by atoms with E-state index in [2.05, 4.69) is 30.3 Å². The van der Waals surface area contributed by atoms with E-state index < -0.39 is 5.24 Å². The standard InChI is InChI=1S/C10H11NOS.CH3NOS/c1-2-12-10(13)11-8-9-6-4-3-5-7-9;2-1(3)4/h2-7H,1,8H2,(H,11,13);(H3,2,3,4). The SMILES string of the molecule is C=COC(=S)NCc1ccccc1.NC(=O)S. The Morgan fingerprint density at radius 1 is 1.53 bits per heavy atom. The molecule has 1 rings (SSSR count). The lowest BCUT2D eigenvalue weighted by Crippen LogP contribution is -2.21. The molecule has 0 unspecified atom stereocenters. The maximum atomic E-state index is 9.09. The number of amides is 1. The lowest BCUT2D eigenvalue weighted by molar-refractivity contribution is 0.267. The summed E-state index contributed by atoms with van der Waals surface area (Å²) in [7, 11) is 0. The zero-order valence-corrected chi connectivity index (χ0v) is 10.8. The van der Waals surface area contributed by atoms with Gasteiger partial charge in [0, 0.05) is 6.54 Å². The van der Waals surface area contributed by atoms with E-state index in [9.17, 15) is 0 Å². The summed E-state index contributed by atoms with van der Waals surface area (Å²) in [5, 5.41) is 2.65. The Balaban J connectivity index is 0.000000557. The van der Waals surface area contributed by atoms with Crippen LogP contribution in [0.4, 0.5) is 4.79 Å². The normalized spacial score (nSPS) is 8.29. The van der Waals surface area contributed by atoms with Gasteiger partial charge >= 0.3 is 0 Å². The molecule has 0 heterocycles. The van der Waals surface area contributed by atoms with Gasteiger partial charge in [0.15, 0.2) is 0 Å². The van der Waals surface area contributed by atoms with Crippen molar-refractivity contribution in [3.63, 3.8) is 0 Å². The average Bonchev–Trinajstić information content (AvgIpc) is 2.27. The number of primary amides is 1. The van der Waals surface area contributed by atoms with E-state index in [0.717, 1.165) is 5.56 Å². The first kappa shape index (κ1) is 15.5. The first-order chi connectivity index (χ1) is 8.06. The van der Waals surface area contributed by atoms with E-state index in [-0.39, 0.29) is 0 Å². The number of hydrogen-bond acceptors (Lipinski definition) is 3. The minimum absolute atomic E-state index is 0.346. The van der Waals surface area contributed by atoms with Crippen LogP contribution in [0, 0.1) is 0 Å². The van der Waals surface area contributed by atoms with Crippen molar-refractivity contribution >= 4 is 35.3 Å². The second kappa shape index (κ2) is 9.68. The van der Waals surface area contributed by atoms with Gasteiger partial charge in [0.1, 0.15) is 0 Å². The zero-order chi connectivity index (χ0) is 13.1. The highest BCUT2D eigenvalue weighted by atomic mass is 32.1. The first-order valence-electron chi connectivity index (χ1n) is 4.64. The molecule has 0 bridgehead atoms. The van der Waals surface area contributed by atoms with Gasteiger partial charge in [0.05, 0.1) is 6.26 Å². The number of ether oxygens (including phenoxy) is 1. The van der Waals surface area contributed by atoms with Crippen LogP contribution in [0.5, 0.6) is 0 Å². The maximum absolute atomic E-state index is 9.09. The smallest absolute Gasteiger partial charge is 0.273 e. The summed E-state index contributed by atoms with van der Waals surface area (Å²) < 4.78 is 4.85. The van der Waals surface area contributed by atoms with Crippen molar-refractivity contribution in [3.8, 4) is 0 Å². The van der Waals surface area contributed by atoms with Gasteiger partial charge < -0.3 is 15.8 Å². The van der Waals surface area contributed by atoms with Crippen molar-refractivity contribution in [3.05, 3.63) is 48.7 Å². The topological polar surface area (TPSA) is 64.3 Å². The van der Waals surface area contributed by atoms with Gasteiger partial charge in [-0.05, 0) is 17.8 Å². The van der Waals surface area contributed by atoms with Crippen LogP contribution in [0.25, 0.3) is 0 Å². The fourth-order valence-electron chi connectivity index (χ4n) is 0.887. The summed E-state index contributed by atoms with van der Waals surface area (Å²) in [5.74, 6) is 0. The number of rotatable bonds is 3. The van der Waals surface area contributed by atoms with Crippen molar-refractivity contribution in [1.82, 2.24) is 5.32 Å². The molecule has 0 aliphatic carbocycles. The summed E-state index contributed by atoms with van der Waals surface area (Å²) in [6.45, 7) is 4.08. The number of hydrogen-bond donors (Lipinski definition) is 3. The van der Waals surface area contributed by atoms with E-state index in [4.69, 9.17) is 21.7 Å². The van der Waals surface area contributed by atoms with Crippen molar-refractivity contribution in [2.75, 3.05) is 0 Å². The Hall–Kier alpha value is -1.53. The van der Waals surface area contributed by atoms with Crippen LogP contribution in [-0.2, 0) is 11.3 Å². The molecule has 4 nitrogen and oxygen atoms in total. The largest absolute Gasteiger partial charge is 0.441 e. The Morgan fingerprint density at radius 2 is 2.06 bits per heavy atom. The van der Waals surface area contributed by atoms with E-state index in [1.807, 2.05) is 30.3 Å². The molecule has 0 aliphatic heterocycles. The molecule has 0 saturated carbocycles. The molecule has 92 valence electrons. The second-order valence-corrected chi connectivity index (χ2v) is 3.56. The van der Waals surface area contributed by atoms with Gasteiger partial charge in [-0.25, -0.2) is 0 Å². The van der Waals surface area contributed by atoms with Crippen molar-refractivity contribution < 1.29 is 9.53 Å². The van der Waals surface area contributed by atoms with Gasteiger partial charge in [-0.3, -0.25) is 4.79 Å². The zero-order valence-electron chi connectivity index (χ0n) is 9.13. The van der Waals surface area contributed by atoms with E-state index in [0.29, 0.717) is 11.7 Å². The molecule has 0 spiro atoms. The molecule has 3 N–H and O–H groups in total. The third-order valence-electron chi connectivity index (χ3n) is 1.47. The molecule has 0 radical (unpaired) electrons. The Labute approximate surface area is 111 Å². The summed E-state index contributed by atoms with van der Waals surface area (Å²) in [6, 6.07) is 9.97.